The summed E-state index contributed by atoms with van der Waals surface area (Å²) in [6.45, 7) is -2.71. The lowest BCUT2D eigenvalue weighted by Gasteiger charge is -2.21. The summed E-state index contributed by atoms with van der Waals surface area (Å²) < 4.78 is 42.3. The molecular formula is C27H27Cl2F2N2O4S+. The van der Waals surface area contributed by atoms with Crippen LogP contribution in [0.4, 0.5) is 14.5 Å². The molecule has 1 atom stereocenters. The lowest BCUT2D eigenvalue weighted by molar-refractivity contribution is -0.377. The number of carbonyl (C=O) groups excluding carboxylic acids is 1. The maximum Gasteiger partial charge on any atom is 0.387 e. The van der Waals surface area contributed by atoms with Crippen molar-refractivity contribution in [3.63, 3.8) is 0 Å². The van der Waals surface area contributed by atoms with E-state index in [-0.39, 0.29) is 24.5 Å². The summed E-state index contributed by atoms with van der Waals surface area (Å²) in [5.74, 6) is -0.0653. The van der Waals surface area contributed by atoms with E-state index in [0.29, 0.717) is 33.7 Å². The van der Waals surface area contributed by atoms with Crippen LogP contribution >= 0.6 is 35.0 Å². The highest BCUT2D eigenvalue weighted by Crippen LogP contribution is 2.37. The first-order valence-corrected chi connectivity index (χ1v) is 13.9. The number of halogens is 4. The van der Waals surface area contributed by atoms with Crippen molar-refractivity contribution in [2.45, 2.75) is 36.9 Å². The standard InChI is InChI=1S/C27H26Cl2F2N2O4S/c1-38-19-7-5-18(6-8-19)33-14-26(34)36-24(11-20-21(28)12-32-13-22(20)29)17-4-9-23(37-27(30)31)25(10-17)35-15-16-2-3-16/h4-10,12-13,16,24,27,33H,2-3,11,14-15H2,1H3/p+1/t24-/m0/s1. The molecule has 1 aliphatic carbocycles. The quantitative estimate of drug-likeness (QED) is 0.175. The summed E-state index contributed by atoms with van der Waals surface area (Å²) in [6, 6.07) is 12.2. The monoisotopic (exact) mass is 583 g/mol. The number of esters is 1. The van der Waals surface area contributed by atoms with Gasteiger partial charge in [0.05, 0.1) is 6.61 Å². The molecule has 11 heteroatoms. The van der Waals surface area contributed by atoms with E-state index in [4.69, 9.17) is 32.7 Å². The maximum absolute atomic E-state index is 13.0. The Morgan fingerprint density at radius 3 is 2.45 bits per heavy atom. The summed E-state index contributed by atoms with van der Waals surface area (Å²) >= 11 is 14.4. The van der Waals surface area contributed by atoms with Crippen LogP contribution in [0.3, 0.4) is 0 Å². The fraction of sp³-hybridized carbons (Fsp3) is 0.333. The molecular weight excluding hydrogens is 557 g/mol. The number of anilines is 1. The molecule has 1 saturated carbocycles. The van der Waals surface area contributed by atoms with Crippen molar-refractivity contribution in [3.8, 4) is 11.5 Å². The fourth-order valence-corrected chi connectivity index (χ4v) is 4.63. The molecule has 38 heavy (non-hydrogen) atoms. The number of H-pyrrole nitrogens is 1. The number of aromatic nitrogens is 1. The number of benzene rings is 2. The Hall–Kier alpha value is -2.75. The van der Waals surface area contributed by atoms with E-state index in [1.54, 1.807) is 36.3 Å². The van der Waals surface area contributed by atoms with Crippen molar-refractivity contribution < 1.29 is 32.8 Å². The average molecular weight is 584 g/mol. The molecule has 1 aliphatic rings. The first kappa shape index (κ1) is 28.3. The summed E-state index contributed by atoms with van der Waals surface area (Å²) in [6.07, 6.45) is 6.51. The molecule has 202 valence electrons. The van der Waals surface area contributed by atoms with Crippen LogP contribution in [-0.2, 0) is 16.0 Å². The first-order valence-electron chi connectivity index (χ1n) is 11.9. The number of thioether (sulfide) groups is 1. The molecule has 1 aromatic heterocycles. The Morgan fingerprint density at radius 1 is 1.11 bits per heavy atom. The number of rotatable bonds is 13. The van der Waals surface area contributed by atoms with Crippen molar-refractivity contribution in [2.24, 2.45) is 5.92 Å². The van der Waals surface area contributed by atoms with Crippen LogP contribution < -0.4 is 19.8 Å². The Kier molecular flexibility index (Phi) is 9.93. The number of hydrogen-bond donors (Lipinski definition) is 1. The van der Waals surface area contributed by atoms with Crippen LogP contribution in [0, 0.1) is 5.92 Å². The Bertz CT molecular complexity index is 1230. The van der Waals surface area contributed by atoms with Gasteiger partial charge in [-0.05, 0) is 67.0 Å². The van der Waals surface area contributed by atoms with Gasteiger partial charge in [0.15, 0.2) is 23.9 Å². The van der Waals surface area contributed by atoms with Crippen molar-refractivity contribution in [1.82, 2.24) is 0 Å². The summed E-state index contributed by atoms with van der Waals surface area (Å²) in [7, 11) is 0. The number of aromatic amines is 1. The second-order valence-corrected chi connectivity index (χ2v) is 10.4. The lowest BCUT2D eigenvalue weighted by Crippen LogP contribution is -2.21. The average Bonchev–Trinajstić information content (AvgIpc) is 3.73. The molecule has 0 bridgehead atoms. The Morgan fingerprint density at radius 2 is 1.82 bits per heavy atom. The molecule has 1 heterocycles. The summed E-state index contributed by atoms with van der Waals surface area (Å²) in [5, 5.41) is 3.79. The second kappa shape index (κ2) is 13.4. The van der Waals surface area contributed by atoms with Crippen LogP contribution in [0.5, 0.6) is 11.5 Å². The molecule has 0 amide bonds. The predicted octanol–water partition coefficient (Wildman–Crippen LogP) is 6.86. The van der Waals surface area contributed by atoms with Crippen LogP contribution in [0.25, 0.3) is 0 Å². The molecule has 0 unspecified atom stereocenters. The van der Waals surface area contributed by atoms with Gasteiger partial charge < -0.3 is 19.5 Å². The van der Waals surface area contributed by atoms with Crippen molar-refractivity contribution in [3.05, 3.63) is 76.0 Å². The fourth-order valence-electron chi connectivity index (χ4n) is 3.69. The van der Waals surface area contributed by atoms with E-state index < -0.39 is 18.7 Å². The molecule has 2 aromatic carbocycles. The number of pyridine rings is 1. The third-order valence-electron chi connectivity index (χ3n) is 5.91. The normalized spacial score (nSPS) is 13.7. The highest BCUT2D eigenvalue weighted by Gasteiger charge is 2.26. The number of ether oxygens (including phenoxy) is 3. The van der Waals surface area contributed by atoms with Gasteiger partial charge in [-0.15, -0.1) is 11.8 Å². The molecule has 3 aromatic rings. The number of hydrogen-bond acceptors (Lipinski definition) is 6. The lowest BCUT2D eigenvalue weighted by atomic mass is 10.0. The molecule has 1 fully saturated rings. The number of nitrogens with one attached hydrogen (secondary N) is 2. The number of carbonyl (C=O) groups is 1. The zero-order chi connectivity index (χ0) is 27.1. The second-order valence-electron chi connectivity index (χ2n) is 8.73. The van der Waals surface area contributed by atoms with Crippen molar-refractivity contribution in [2.75, 3.05) is 24.7 Å². The van der Waals surface area contributed by atoms with E-state index in [9.17, 15) is 13.6 Å². The van der Waals surface area contributed by atoms with Gasteiger partial charge in [0, 0.05) is 22.6 Å². The molecule has 6 nitrogen and oxygen atoms in total. The smallest absolute Gasteiger partial charge is 0.387 e. The molecule has 4 rings (SSSR count). The minimum absolute atomic E-state index is 0.0865. The molecule has 0 radical (unpaired) electrons. The van der Waals surface area contributed by atoms with E-state index in [1.165, 1.54) is 6.07 Å². The molecule has 0 aliphatic heterocycles. The van der Waals surface area contributed by atoms with Crippen molar-refractivity contribution >= 4 is 46.6 Å². The Labute approximate surface area is 234 Å². The van der Waals surface area contributed by atoms with Gasteiger partial charge >= 0.3 is 12.6 Å². The number of alkyl halides is 2. The SMILES string of the molecule is CSc1ccc(NCC(=O)O[C@@H](Cc2c(Cl)c[nH+]cc2Cl)c2ccc(OC(F)F)c(OCC3CC3)c2)cc1. The van der Waals surface area contributed by atoms with Gasteiger partial charge in [-0.2, -0.15) is 8.78 Å². The van der Waals surface area contributed by atoms with Gasteiger partial charge in [-0.25, -0.2) is 4.98 Å². The molecule has 2 N–H and O–H groups in total. The van der Waals surface area contributed by atoms with E-state index >= 15 is 0 Å². The van der Waals surface area contributed by atoms with Crippen LogP contribution in [0.15, 0.2) is 59.8 Å². The van der Waals surface area contributed by atoms with Gasteiger partial charge in [0.2, 0.25) is 0 Å². The molecule has 0 saturated heterocycles. The first-order chi connectivity index (χ1) is 18.3. The van der Waals surface area contributed by atoms with Gasteiger partial charge in [0.25, 0.3) is 0 Å². The Balaban J connectivity index is 1.56. The summed E-state index contributed by atoms with van der Waals surface area (Å²) in [4.78, 5) is 16.8. The highest BCUT2D eigenvalue weighted by molar-refractivity contribution is 7.98. The zero-order valence-electron chi connectivity index (χ0n) is 20.5. The topological polar surface area (TPSA) is 70.9 Å². The predicted molar refractivity (Wildman–Crippen MR) is 144 cm³/mol. The maximum atomic E-state index is 13.0. The van der Waals surface area contributed by atoms with E-state index in [2.05, 4.69) is 15.0 Å². The largest absolute Gasteiger partial charge is 0.489 e. The highest BCUT2D eigenvalue weighted by atomic mass is 35.5. The third kappa shape index (κ3) is 8.12. The molecule has 0 spiro atoms. The van der Waals surface area contributed by atoms with Crippen LogP contribution in [-0.4, -0.2) is 32.0 Å². The van der Waals surface area contributed by atoms with E-state index in [1.807, 2.05) is 30.5 Å². The summed E-state index contributed by atoms with van der Waals surface area (Å²) in [5.41, 5.74) is 1.86. The zero-order valence-corrected chi connectivity index (χ0v) is 22.8. The van der Waals surface area contributed by atoms with Crippen LogP contribution in [0.1, 0.15) is 30.1 Å². The van der Waals surface area contributed by atoms with Gasteiger partial charge in [-0.1, -0.05) is 29.3 Å². The van der Waals surface area contributed by atoms with E-state index in [0.717, 1.165) is 23.4 Å². The minimum Gasteiger partial charge on any atom is -0.489 e. The van der Waals surface area contributed by atoms with Gasteiger partial charge in [0.1, 0.15) is 22.7 Å². The van der Waals surface area contributed by atoms with Gasteiger partial charge in [-0.3, -0.25) is 4.79 Å². The minimum atomic E-state index is -3.01. The van der Waals surface area contributed by atoms with Crippen molar-refractivity contribution in [1.29, 1.82) is 0 Å². The van der Waals surface area contributed by atoms with Crippen LogP contribution in [0.2, 0.25) is 10.0 Å². The third-order valence-corrected chi connectivity index (χ3v) is 7.33.